The predicted octanol–water partition coefficient (Wildman–Crippen LogP) is 3.39. The number of fused-ring (bicyclic) bond motifs is 1. The van der Waals surface area contributed by atoms with E-state index in [0.29, 0.717) is 31.9 Å². The molecule has 1 aliphatic rings. The molecule has 0 unspecified atom stereocenters. The second kappa shape index (κ2) is 10.5. The van der Waals surface area contributed by atoms with Gasteiger partial charge in [0.1, 0.15) is 5.75 Å². The van der Waals surface area contributed by atoms with E-state index in [1.807, 2.05) is 42.5 Å². The average Bonchev–Trinajstić information content (AvgIpc) is 3.14. The SMILES string of the molecule is CCOC(=O)C1=C(C)N=c2s/c(=C/C=C/c3ccccc3)c(=O)n2[C@H]1c1ccc(OC(C)=O)cc1. The van der Waals surface area contributed by atoms with Crippen molar-refractivity contribution in [1.82, 2.24) is 4.57 Å². The Balaban J connectivity index is 1.83. The maximum atomic E-state index is 13.5. The standard InChI is InChI=1S/C27H24N2O5S/c1-4-33-26(32)23-17(2)28-27-29(24(23)20-13-15-21(16-14-20)34-18(3)30)25(31)22(35-27)12-8-11-19-9-6-5-7-10-19/h5-16,24H,4H2,1-3H3/b11-8+,22-12+/t24-/m0/s1. The number of aromatic nitrogens is 1. The fraction of sp³-hybridized carbons (Fsp3) is 0.185. The van der Waals surface area contributed by atoms with Gasteiger partial charge in [-0.3, -0.25) is 14.2 Å². The minimum atomic E-state index is -0.725. The third-order valence-electron chi connectivity index (χ3n) is 5.31. The van der Waals surface area contributed by atoms with Gasteiger partial charge in [0.15, 0.2) is 4.80 Å². The first-order valence-corrected chi connectivity index (χ1v) is 11.9. The summed E-state index contributed by atoms with van der Waals surface area (Å²) in [5.41, 5.74) is 2.22. The first-order chi connectivity index (χ1) is 16.9. The van der Waals surface area contributed by atoms with Crippen molar-refractivity contribution in [1.29, 1.82) is 0 Å². The molecule has 2 aromatic carbocycles. The van der Waals surface area contributed by atoms with Gasteiger partial charge in [0.2, 0.25) is 0 Å². The van der Waals surface area contributed by atoms with Crippen LogP contribution >= 0.6 is 11.3 Å². The highest BCUT2D eigenvalue weighted by Gasteiger charge is 2.33. The average molecular weight is 489 g/mol. The number of benzene rings is 2. The van der Waals surface area contributed by atoms with Crippen LogP contribution in [0.3, 0.4) is 0 Å². The van der Waals surface area contributed by atoms with Crippen molar-refractivity contribution in [2.45, 2.75) is 26.8 Å². The summed E-state index contributed by atoms with van der Waals surface area (Å²) in [4.78, 5) is 42.7. The Hall–Kier alpha value is -4.04. The summed E-state index contributed by atoms with van der Waals surface area (Å²) in [5, 5.41) is 0. The van der Waals surface area contributed by atoms with Crippen LogP contribution in [0.4, 0.5) is 0 Å². The zero-order valence-corrected chi connectivity index (χ0v) is 20.4. The minimum Gasteiger partial charge on any atom is -0.463 e. The van der Waals surface area contributed by atoms with E-state index in [0.717, 1.165) is 5.56 Å². The summed E-state index contributed by atoms with van der Waals surface area (Å²) < 4.78 is 12.4. The topological polar surface area (TPSA) is 87.0 Å². The normalized spacial score (nSPS) is 15.6. The lowest BCUT2D eigenvalue weighted by atomic mass is 9.96. The van der Waals surface area contributed by atoms with Crippen molar-refractivity contribution in [2.75, 3.05) is 6.61 Å². The van der Waals surface area contributed by atoms with E-state index in [4.69, 9.17) is 9.47 Å². The molecule has 1 aromatic heterocycles. The molecule has 2 heterocycles. The third kappa shape index (κ3) is 5.22. The van der Waals surface area contributed by atoms with E-state index in [2.05, 4.69) is 4.99 Å². The highest BCUT2D eigenvalue weighted by atomic mass is 32.1. The second-order valence-electron chi connectivity index (χ2n) is 7.76. The second-order valence-corrected chi connectivity index (χ2v) is 8.77. The number of carbonyl (C=O) groups excluding carboxylic acids is 2. The number of hydrogen-bond donors (Lipinski definition) is 0. The molecule has 178 valence electrons. The van der Waals surface area contributed by atoms with Gasteiger partial charge in [0.05, 0.1) is 28.5 Å². The fourth-order valence-corrected chi connectivity index (χ4v) is 4.81. The monoisotopic (exact) mass is 488 g/mol. The first kappa shape index (κ1) is 24.1. The zero-order valence-electron chi connectivity index (χ0n) is 19.6. The summed E-state index contributed by atoms with van der Waals surface area (Å²) >= 11 is 1.26. The zero-order chi connectivity index (χ0) is 24.9. The molecule has 0 saturated heterocycles. The molecule has 0 bridgehead atoms. The molecule has 1 atom stereocenters. The van der Waals surface area contributed by atoms with Crippen molar-refractivity contribution in [3.05, 3.63) is 103 Å². The number of hydrogen-bond acceptors (Lipinski definition) is 7. The van der Waals surface area contributed by atoms with Crippen LogP contribution in [0.15, 0.2) is 81.7 Å². The molecule has 0 saturated carbocycles. The quantitative estimate of drug-likeness (QED) is 0.392. The van der Waals surface area contributed by atoms with Crippen LogP contribution in [-0.2, 0) is 14.3 Å². The van der Waals surface area contributed by atoms with Crippen molar-refractivity contribution >= 4 is 35.4 Å². The van der Waals surface area contributed by atoms with E-state index in [1.54, 1.807) is 44.2 Å². The first-order valence-electron chi connectivity index (χ1n) is 11.1. The van der Waals surface area contributed by atoms with Gasteiger partial charge < -0.3 is 9.47 Å². The molecule has 0 N–H and O–H groups in total. The number of carbonyl (C=O) groups is 2. The lowest BCUT2D eigenvalue weighted by Crippen LogP contribution is -2.39. The van der Waals surface area contributed by atoms with Gasteiger partial charge in [0.25, 0.3) is 5.56 Å². The fourth-order valence-electron chi connectivity index (χ4n) is 3.82. The molecule has 0 radical (unpaired) electrons. The molecule has 7 nitrogen and oxygen atoms in total. The summed E-state index contributed by atoms with van der Waals surface area (Å²) in [6.07, 6.45) is 5.49. The molecular formula is C27H24N2O5S. The summed E-state index contributed by atoms with van der Waals surface area (Å²) in [5.74, 6) is -0.587. The van der Waals surface area contributed by atoms with Crippen LogP contribution in [0, 0.1) is 0 Å². The molecule has 0 spiro atoms. The number of ether oxygens (including phenoxy) is 2. The van der Waals surface area contributed by atoms with E-state index in [-0.39, 0.29) is 12.2 Å². The summed E-state index contributed by atoms with van der Waals surface area (Å²) in [7, 11) is 0. The van der Waals surface area contributed by atoms with Crippen molar-refractivity contribution in [3.8, 4) is 5.75 Å². The van der Waals surface area contributed by atoms with Gasteiger partial charge in [-0.05, 0) is 43.2 Å². The van der Waals surface area contributed by atoms with E-state index < -0.39 is 18.0 Å². The Bertz CT molecular complexity index is 1500. The van der Waals surface area contributed by atoms with E-state index >= 15 is 0 Å². The Kier molecular flexibility index (Phi) is 7.22. The number of esters is 2. The Morgan fingerprint density at radius 2 is 1.83 bits per heavy atom. The Morgan fingerprint density at radius 1 is 1.11 bits per heavy atom. The van der Waals surface area contributed by atoms with Crippen LogP contribution in [-0.4, -0.2) is 23.1 Å². The molecule has 0 amide bonds. The smallest absolute Gasteiger partial charge is 0.338 e. The molecule has 0 fully saturated rings. The largest absolute Gasteiger partial charge is 0.463 e. The number of rotatable bonds is 6. The van der Waals surface area contributed by atoms with Crippen LogP contribution < -0.4 is 19.6 Å². The van der Waals surface area contributed by atoms with E-state index in [1.165, 1.54) is 22.8 Å². The number of allylic oxidation sites excluding steroid dienone is 2. The maximum Gasteiger partial charge on any atom is 0.338 e. The van der Waals surface area contributed by atoms with Gasteiger partial charge in [-0.1, -0.05) is 66.0 Å². The van der Waals surface area contributed by atoms with Crippen LogP contribution in [0.5, 0.6) is 5.75 Å². The lowest BCUT2D eigenvalue weighted by Gasteiger charge is -2.24. The Labute approximate surface area is 206 Å². The predicted molar refractivity (Wildman–Crippen MR) is 135 cm³/mol. The lowest BCUT2D eigenvalue weighted by molar-refractivity contribution is -0.139. The molecular weight excluding hydrogens is 464 g/mol. The molecule has 35 heavy (non-hydrogen) atoms. The van der Waals surface area contributed by atoms with Gasteiger partial charge >= 0.3 is 11.9 Å². The van der Waals surface area contributed by atoms with E-state index in [9.17, 15) is 14.4 Å². The molecule has 8 heteroatoms. The number of thiazole rings is 1. The highest BCUT2D eigenvalue weighted by Crippen LogP contribution is 2.31. The number of nitrogens with zero attached hydrogens (tertiary/aromatic N) is 2. The minimum absolute atomic E-state index is 0.197. The third-order valence-corrected chi connectivity index (χ3v) is 6.31. The summed E-state index contributed by atoms with van der Waals surface area (Å²) in [6.45, 7) is 4.98. The molecule has 1 aliphatic heterocycles. The van der Waals surface area contributed by atoms with Crippen molar-refractivity contribution < 1.29 is 19.1 Å². The van der Waals surface area contributed by atoms with Crippen molar-refractivity contribution in [2.24, 2.45) is 4.99 Å². The summed E-state index contributed by atoms with van der Waals surface area (Å²) in [6, 6.07) is 15.8. The Morgan fingerprint density at radius 3 is 2.49 bits per heavy atom. The van der Waals surface area contributed by atoms with Crippen LogP contribution in [0.1, 0.15) is 37.9 Å². The van der Waals surface area contributed by atoms with Crippen molar-refractivity contribution in [3.63, 3.8) is 0 Å². The molecule has 3 aromatic rings. The highest BCUT2D eigenvalue weighted by molar-refractivity contribution is 7.07. The van der Waals surface area contributed by atoms with Gasteiger partial charge in [-0.2, -0.15) is 0 Å². The van der Waals surface area contributed by atoms with Gasteiger partial charge in [0, 0.05) is 6.92 Å². The van der Waals surface area contributed by atoms with Crippen LogP contribution in [0.25, 0.3) is 12.2 Å². The molecule has 4 rings (SSSR count). The van der Waals surface area contributed by atoms with Gasteiger partial charge in [-0.15, -0.1) is 0 Å². The van der Waals surface area contributed by atoms with Crippen LogP contribution in [0.2, 0.25) is 0 Å². The van der Waals surface area contributed by atoms with Gasteiger partial charge in [-0.25, -0.2) is 9.79 Å². The molecule has 0 aliphatic carbocycles. The maximum absolute atomic E-state index is 13.5.